The van der Waals surface area contributed by atoms with Gasteiger partial charge in [-0.05, 0) is 55.5 Å². The molecule has 33 heavy (non-hydrogen) atoms. The molecule has 0 aliphatic rings. The van der Waals surface area contributed by atoms with Gasteiger partial charge < -0.3 is 10.6 Å². The van der Waals surface area contributed by atoms with Crippen molar-refractivity contribution >= 4 is 23.1 Å². The molecule has 0 saturated carbocycles. The molecular weight excluding hydrogens is 416 g/mol. The molecule has 2 N–H and O–H groups in total. The average molecular weight is 436 g/mol. The summed E-state index contributed by atoms with van der Waals surface area (Å²) >= 11 is 0. The minimum absolute atomic E-state index is 0.194. The summed E-state index contributed by atoms with van der Waals surface area (Å²) in [4.78, 5) is 25.5. The summed E-state index contributed by atoms with van der Waals surface area (Å²) in [6.07, 6.45) is 8.61. The number of nitrogens with one attached hydrogen (secondary N) is 2. The van der Waals surface area contributed by atoms with Crippen LogP contribution in [0.2, 0.25) is 0 Å². The van der Waals surface area contributed by atoms with E-state index in [9.17, 15) is 4.79 Å². The third kappa shape index (κ3) is 4.47. The van der Waals surface area contributed by atoms with E-state index in [2.05, 4.69) is 30.7 Å². The number of nitrogens with zero attached hydrogens (tertiary/aromatic N) is 6. The monoisotopic (exact) mass is 436 g/mol. The Bertz CT molecular complexity index is 1390. The van der Waals surface area contributed by atoms with E-state index in [-0.39, 0.29) is 5.91 Å². The van der Waals surface area contributed by atoms with Gasteiger partial charge in [-0.3, -0.25) is 9.36 Å². The highest BCUT2D eigenvalue weighted by molar-refractivity contribution is 6.04. The first-order valence-electron chi connectivity index (χ1n) is 10.3. The largest absolute Gasteiger partial charge is 0.340 e. The molecule has 1 amide bonds. The van der Waals surface area contributed by atoms with Crippen LogP contribution in [0.4, 0.5) is 17.2 Å². The van der Waals surface area contributed by atoms with Crippen LogP contribution in [-0.4, -0.2) is 35.2 Å². The second-order valence-corrected chi connectivity index (χ2v) is 7.26. The second kappa shape index (κ2) is 8.75. The summed E-state index contributed by atoms with van der Waals surface area (Å²) in [6.45, 7) is 1.91. The molecule has 3 aromatic heterocycles. The van der Waals surface area contributed by atoms with Gasteiger partial charge in [-0.1, -0.05) is 6.07 Å². The number of aromatic nitrogens is 6. The smallest absolute Gasteiger partial charge is 0.255 e. The van der Waals surface area contributed by atoms with Crippen molar-refractivity contribution in [3.8, 4) is 11.5 Å². The Kier molecular flexibility index (Phi) is 5.34. The first-order valence-corrected chi connectivity index (χ1v) is 10.3. The minimum Gasteiger partial charge on any atom is -0.340 e. The standard InChI is InChI=1S/C24H20N8O/c1-17-25-11-13-31(17)23-15-22(26-16-27-23)29-19-6-8-20(9-7-19)30-24(33)18-4-2-5-21(14-18)32-12-3-10-28-32/h2-16H,1H3,(H,30,33)(H,26,27,29). The van der Waals surface area contributed by atoms with Gasteiger partial charge in [0.25, 0.3) is 5.91 Å². The summed E-state index contributed by atoms with van der Waals surface area (Å²) in [5, 5.41) is 10.4. The van der Waals surface area contributed by atoms with Gasteiger partial charge in [-0.2, -0.15) is 5.10 Å². The van der Waals surface area contributed by atoms with Gasteiger partial charge in [0.15, 0.2) is 0 Å². The molecular formula is C24H20N8O. The van der Waals surface area contributed by atoms with Crippen LogP contribution in [0.5, 0.6) is 0 Å². The first-order chi connectivity index (χ1) is 16.2. The zero-order valence-corrected chi connectivity index (χ0v) is 17.8. The predicted octanol–water partition coefficient (Wildman–Crippen LogP) is 4.15. The molecule has 0 atom stereocenters. The van der Waals surface area contributed by atoms with Gasteiger partial charge >= 0.3 is 0 Å². The summed E-state index contributed by atoms with van der Waals surface area (Å²) < 4.78 is 3.59. The van der Waals surface area contributed by atoms with Crippen LogP contribution in [0.25, 0.3) is 11.5 Å². The summed E-state index contributed by atoms with van der Waals surface area (Å²) in [7, 11) is 0. The summed E-state index contributed by atoms with van der Waals surface area (Å²) in [5.41, 5.74) is 2.89. The highest BCUT2D eigenvalue weighted by atomic mass is 16.1. The molecule has 5 aromatic rings. The molecule has 0 radical (unpaired) electrons. The molecule has 0 aliphatic carbocycles. The zero-order chi connectivity index (χ0) is 22.6. The van der Waals surface area contributed by atoms with Gasteiger partial charge in [0, 0.05) is 47.8 Å². The van der Waals surface area contributed by atoms with Crippen molar-refractivity contribution in [3.05, 3.63) is 103 Å². The van der Waals surface area contributed by atoms with Gasteiger partial charge in [0.1, 0.15) is 23.8 Å². The number of benzene rings is 2. The number of rotatable bonds is 6. The average Bonchev–Trinajstić information content (AvgIpc) is 3.53. The van der Waals surface area contributed by atoms with E-state index in [0.717, 1.165) is 23.0 Å². The van der Waals surface area contributed by atoms with Gasteiger partial charge in [0.2, 0.25) is 0 Å². The number of hydrogen-bond donors (Lipinski definition) is 2. The van der Waals surface area contributed by atoms with Crippen molar-refractivity contribution < 1.29 is 4.79 Å². The van der Waals surface area contributed by atoms with E-state index < -0.39 is 0 Å². The molecule has 2 aromatic carbocycles. The lowest BCUT2D eigenvalue weighted by molar-refractivity contribution is 0.102. The van der Waals surface area contributed by atoms with Crippen LogP contribution in [0, 0.1) is 6.92 Å². The van der Waals surface area contributed by atoms with Crippen molar-refractivity contribution in [3.63, 3.8) is 0 Å². The molecule has 3 heterocycles. The molecule has 0 saturated heterocycles. The topological polar surface area (TPSA) is 103 Å². The lowest BCUT2D eigenvalue weighted by atomic mass is 10.2. The maximum absolute atomic E-state index is 12.7. The third-order valence-electron chi connectivity index (χ3n) is 5.02. The molecule has 0 aliphatic heterocycles. The highest BCUT2D eigenvalue weighted by Crippen LogP contribution is 2.20. The highest BCUT2D eigenvalue weighted by Gasteiger charge is 2.09. The van der Waals surface area contributed by atoms with Crippen molar-refractivity contribution in [2.45, 2.75) is 6.92 Å². The first kappa shape index (κ1) is 20.1. The van der Waals surface area contributed by atoms with Crippen LogP contribution in [0.15, 0.2) is 91.8 Å². The van der Waals surface area contributed by atoms with E-state index in [1.807, 2.05) is 72.4 Å². The van der Waals surface area contributed by atoms with Gasteiger partial charge in [-0.15, -0.1) is 0 Å². The Morgan fingerprint density at radius 3 is 2.48 bits per heavy atom. The fraction of sp³-hybridized carbons (Fsp3) is 0.0417. The van der Waals surface area contributed by atoms with Crippen molar-refractivity contribution in [2.24, 2.45) is 0 Å². The van der Waals surface area contributed by atoms with E-state index in [1.54, 1.807) is 29.2 Å². The lowest BCUT2D eigenvalue weighted by Crippen LogP contribution is -2.12. The molecule has 0 unspecified atom stereocenters. The van der Waals surface area contributed by atoms with Crippen LogP contribution >= 0.6 is 0 Å². The normalized spacial score (nSPS) is 10.7. The van der Waals surface area contributed by atoms with Crippen molar-refractivity contribution in [1.82, 2.24) is 29.3 Å². The molecule has 5 rings (SSSR count). The zero-order valence-electron chi connectivity index (χ0n) is 17.8. The number of aryl methyl sites for hydroxylation is 1. The third-order valence-corrected chi connectivity index (χ3v) is 5.02. The Balaban J connectivity index is 1.26. The summed E-state index contributed by atoms with van der Waals surface area (Å²) in [6, 6.07) is 18.4. The van der Waals surface area contributed by atoms with Gasteiger partial charge in [0.05, 0.1) is 5.69 Å². The number of carbonyl (C=O) groups excluding carboxylic acids is 1. The van der Waals surface area contributed by atoms with Crippen LogP contribution in [0.3, 0.4) is 0 Å². The number of anilines is 3. The van der Waals surface area contributed by atoms with Crippen LogP contribution in [0.1, 0.15) is 16.2 Å². The fourth-order valence-corrected chi connectivity index (χ4v) is 3.37. The number of carbonyl (C=O) groups is 1. The molecule has 9 nitrogen and oxygen atoms in total. The number of amides is 1. The Labute approximate surface area is 189 Å². The maximum atomic E-state index is 12.7. The SMILES string of the molecule is Cc1nccn1-c1cc(Nc2ccc(NC(=O)c3cccc(-n4cccn4)c3)cc2)ncn1. The predicted molar refractivity (Wildman–Crippen MR) is 125 cm³/mol. The van der Waals surface area contributed by atoms with E-state index in [4.69, 9.17) is 0 Å². The molecule has 162 valence electrons. The van der Waals surface area contributed by atoms with Crippen molar-refractivity contribution in [2.75, 3.05) is 10.6 Å². The lowest BCUT2D eigenvalue weighted by Gasteiger charge is -2.10. The second-order valence-electron chi connectivity index (χ2n) is 7.26. The number of hydrogen-bond acceptors (Lipinski definition) is 6. The number of imidazole rings is 1. The minimum atomic E-state index is -0.194. The van der Waals surface area contributed by atoms with E-state index in [0.29, 0.717) is 17.1 Å². The molecule has 0 fully saturated rings. The van der Waals surface area contributed by atoms with Crippen LogP contribution < -0.4 is 10.6 Å². The maximum Gasteiger partial charge on any atom is 0.255 e. The van der Waals surface area contributed by atoms with Crippen molar-refractivity contribution in [1.29, 1.82) is 0 Å². The Morgan fingerprint density at radius 1 is 0.879 bits per heavy atom. The quantitative estimate of drug-likeness (QED) is 0.415. The molecule has 9 heteroatoms. The summed E-state index contributed by atoms with van der Waals surface area (Å²) in [5.74, 6) is 2.03. The van der Waals surface area contributed by atoms with Crippen LogP contribution in [-0.2, 0) is 0 Å². The molecule has 0 spiro atoms. The molecule has 0 bridgehead atoms. The van der Waals surface area contributed by atoms with E-state index >= 15 is 0 Å². The fourth-order valence-electron chi connectivity index (χ4n) is 3.37. The Hall–Kier alpha value is -4.79. The van der Waals surface area contributed by atoms with E-state index in [1.165, 1.54) is 6.33 Å². The Morgan fingerprint density at radius 2 is 1.73 bits per heavy atom. The van der Waals surface area contributed by atoms with Gasteiger partial charge in [-0.25, -0.2) is 19.6 Å².